The van der Waals surface area contributed by atoms with Gasteiger partial charge < -0.3 is 19.3 Å². The van der Waals surface area contributed by atoms with Crippen LogP contribution in [0.2, 0.25) is 0 Å². The Labute approximate surface area is 237 Å². The van der Waals surface area contributed by atoms with Gasteiger partial charge in [0, 0.05) is 11.0 Å². The van der Waals surface area contributed by atoms with Gasteiger partial charge >= 0.3 is 18.0 Å². The van der Waals surface area contributed by atoms with Crippen LogP contribution in [0.25, 0.3) is 0 Å². The summed E-state index contributed by atoms with van der Waals surface area (Å²) in [5.74, 6) is 3.64. The number of alkyl halides is 6. The molecule has 1 unspecified atom stereocenters. The van der Waals surface area contributed by atoms with Crippen LogP contribution in [-0.2, 0) is 14.9 Å². The zero-order chi connectivity index (χ0) is 30.9. The Balaban J connectivity index is 1.88. The SMILES string of the molecule is CCC(CC)(c1ccc(C#CC(O)(C(F)(F)F)C(F)(F)F)c(C)c1)c1ccc(OCC2COC(C)(C)CO2)c(C)c1. The first-order valence-electron chi connectivity index (χ1n) is 13.4. The van der Waals surface area contributed by atoms with Gasteiger partial charge in [-0.1, -0.05) is 44.0 Å². The minimum atomic E-state index is -6.01. The molecule has 1 aliphatic rings. The molecule has 0 spiro atoms. The lowest BCUT2D eigenvalue weighted by Crippen LogP contribution is -2.55. The maximum absolute atomic E-state index is 13.0. The Morgan fingerprint density at radius 3 is 1.95 bits per heavy atom. The van der Waals surface area contributed by atoms with E-state index in [1.165, 1.54) is 6.07 Å². The minimum Gasteiger partial charge on any atom is -0.491 e. The monoisotopic (exact) mass is 586 g/mol. The van der Waals surface area contributed by atoms with E-state index in [0.717, 1.165) is 22.6 Å². The highest BCUT2D eigenvalue weighted by Gasteiger charge is 2.70. The second-order valence-electron chi connectivity index (χ2n) is 11.1. The molecule has 0 aliphatic carbocycles. The van der Waals surface area contributed by atoms with Crippen LogP contribution in [0.5, 0.6) is 5.75 Å². The summed E-state index contributed by atoms with van der Waals surface area (Å²) in [6.45, 7) is 12.7. The molecular formula is C31H36F6O4. The maximum atomic E-state index is 13.0. The van der Waals surface area contributed by atoms with Crippen LogP contribution >= 0.6 is 0 Å². The Hall–Kier alpha value is -2.74. The summed E-state index contributed by atoms with van der Waals surface area (Å²) in [5.41, 5.74) is -2.84. The van der Waals surface area contributed by atoms with Crippen molar-refractivity contribution >= 4 is 0 Å². The molecule has 4 nitrogen and oxygen atoms in total. The van der Waals surface area contributed by atoms with Crippen LogP contribution in [0, 0.1) is 25.7 Å². The van der Waals surface area contributed by atoms with Crippen LogP contribution in [0.3, 0.4) is 0 Å². The van der Waals surface area contributed by atoms with E-state index in [-0.39, 0.29) is 17.3 Å². The van der Waals surface area contributed by atoms with Crippen molar-refractivity contribution in [2.75, 3.05) is 19.8 Å². The van der Waals surface area contributed by atoms with Gasteiger partial charge in [-0.15, -0.1) is 0 Å². The highest BCUT2D eigenvalue weighted by molar-refractivity contribution is 5.50. The lowest BCUT2D eigenvalue weighted by atomic mass is 9.70. The molecule has 10 heteroatoms. The molecule has 3 rings (SSSR count). The van der Waals surface area contributed by atoms with Crippen molar-refractivity contribution in [1.29, 1.82) is 0 Å². The third kappa shape index (κ3) is 6.85. The van der Waals surface area contributed by atoms with Crippen LogP contribution in [-0.4, -0.2) is 54.6 Å². The number of aryl methyl sites for hydroxylation is 2. The fourth-order valence-corrected chi connectivity index (χ4v) is 4.91. The third-order valence-electron chi connectivity index (χ3n) is 7.66. The van der Waals surface area contributed by atoms with E-state index >= 15 is 0 Å². The fourth-order valence-electron chi connectivity index (χ4n) is 4.91. The fraction of sp³-hybridized carbons (Fsp3) is 0.548. The zero-order valence-electron chi connectivity index (χ0n) is 24.0. The number of benzene rings is 2. The number of rotatable bonds is 7. The summed E-state index contributed by atoms with van der Waals surface area (Å²) in [6.07, 6.45) is -10.8. The molecular weight excluding hydrogens is 550 g/mol. The van der Waals surface area contributed by atoms with Gasteiger partial charge in [0.15, 0.2) is 0 Å². The minimum absolute atomic E-state index is 0.0426. The molecule has 0 amide bonds. The molecule has 1 atom stereocenters. The van der Waals surface area contributed by atoms with Crippen LogP contribution < -0.4 is 4.74 Å². The molecule has 226 valence electrons. The molecule has 0 aromatic heterocycles. The Morgan fingerprint density at radius 2 is 1.49 bits per heavy atom. The molecule has 0 bridgehead atoms. The van der Waals surface area contributed by atoms with E-state index in [1.807, 2.05) is 58.7 Å². The Morgan fingerprint density at radius 1 is 0.927 bits per heavy atom. The van der Waals surface area contributed by atoms with Crippen LogP contribution in [0.4, 0.5) is 26.3 Å². The van der Waals surface area contributed by atoms with Gasteiger partial charge in [0.2, 0.25) is 0 Å². The molecule has 41 heavy (non-hydrogen) atoms. The van der Waals surface area contributed by atoms with Gasteiger partial charge in [-0.2, -0.15) is 26.3 Å². The second-order valence-corrected chi connectivity index (χ2v) is 11.1. The summed E-state index contributed by atoms with van der Waals surface area (Å²) in [7, 11) is 0. The molecule has 2 aromatic rings. The van der Waals surface area contributed by atoms with E-state index in [1.54, 1.807) is 19.1 Å². The molecule has 0 radical (unpaired) electrons. The van der Waals surface area contributed by atoms with Crippen molar-refractivity contribution in [3.63, 3.8) is 0 Å². The summed E-state index contributed by atoms with van der Waals surface area (Å²) < 4.78 is 95.9. The Kier molecular flexibility index (Phi) is 9.48. The lowest BCUT2D eigenvalue weighted by molar-refractivity contribution is -0.343. The summed E-state index contributed by atoms with van der Waals surface area (Å²) in [5, 5.41) is 9.38. The number of aliphatic hydroxyl groups is 1. The van der Waals surface area contributed by atoms with Crippen molar-refractivity contribution in [3.05, 3.63) is 64.2 Å². The van der Waals surface area contributed by atoms with Gasteiger partial charge in [-0.25, -0.2) is 0 Å². The number of halogens is 6. The average molecular weight is 587 g/mol. The highest BCUT2D eigenvalue weighted by atomic mass is 19.4. The maximum Gasteiger partial charge on any atom is 0.438 e. The first-order valence-corrected chi connectivity index (χ1v) is 13.4. The lowest BCUT2D eigenvalue weighted by Gasteiger charge is -2.35. The number of hydrogen-bond donors (Lipinski definition) is 1. The van der Waals surface area contributed by atoms with Crippen LogP contribution in [0.15, 0.2) is 36.4 Å². The van der Waals surface area contributed by atoms with E-state index in [2.05, 4.69) is 0 Å². The molecule has 1 heterocycles. The van der Waals surface area contributed by atoms with Gasteiger partial charge in [0.25, 0.3) is 0 Å². The predicted octanol–water partition coefficient (Wildman–Crippen LogP) is 7.19. The summed E-state index contributed by atoms with van der Waals surface area (Å²) >= 11 is 0. The molecule has 1 fully saturated rings. The first kappa shape index (κ1) is 32.8. The molecule has 1 saturated heterocycles. The topological polar surface area (TPSA) is 47.9 Å². The number of ether oxygens (including phenoxy) is 3. The highest BCUT2D eigenvalue weighted by Crippen LogP contribution is 2.43. The van der Waals surface area contributed by atoms with E-state index in [9.17, 15) is 31.4 Å². The summed E-state index contributed by atoms with van der Waals surface area (Å²) in [6, 6.07) is 10.7. The standard InChI is InChI=1S/C31H36F6O4/c1-7-28(8-2,24-11-12-26(21(4)16-24)39-17-25-18-41-27(5,6)19-40-25)23-10-9-22(20(3)15-23)13-14-29(38,30(32,33)34)31(35,36)37/h9-12,15-16,25,38H,7-8,17-19H2,1-6H3. The largest absolute Gasteiger partial charge is 0.491 e. The van der Waals surface area contributed by atoms with Crippen molar-refractivity contribution in [2.24, 2.45) is 0 Å². The van der Waals surface area contributed by atoms with Crippen molar-refractivity contribution < 1.29 is 45.7 Å². The van der Waals surface area contributed by atoms with E-state index in [4.69, 9.17) is 14.2 Å². The van der Waals surface area contributed by atoms with Gasteiger partial charge in [0.05, 0.1) is 18.8 Å². The van der Waals surface area contributed by atoms with Crippen LogP contribution in [0.1, 0.15) is 68.4 Å². The quantitative estimate of drug-likeness (QED) is 0.276. The number of hydrogen-bond acceptors (Lipinski definition) is 4. The molecule has 1 N–H and O–H groups in total. The van der Waals surface area contributed by atoms with Gasteiger partial charge in [-0.05, 0) is 80.8 Å². The molecule has 2 aromatic carbocycles. The van der Waals surface area contributed by atoms with E-state index in [0.29, 0.717) is 44.0 Å². The first-order chi connectivity index (χ1) is 18.9. The molecule has 0 saturated carbocycles. The van der Waals surface area contributed by atoms with Gasteiger partial charge in [-0.3, -0.25) is 0 Å². The Bertz CT molecular complexity index is 1260. The van der Waals surface area contributed by atoms with Gasteiger partial charge in [0.1, 0.15) is 18.5 Å². The van der Waals surface area contributed by atoms with E-state index < -0.39 is 23.4 Å². The normalized spacial score (nSPS) is 18.0. The summed E-state index contributed by atoms with van der Waals surface area (Å²) in [4.78, 5) is 0. The van der Waals surface area contributed by atoms with Crippen molar-refractivity contribution in [2.45, 2.75) is 89.5 Å². The molecule has 1 aliphatic heterocycles. The van der Waals surface area contributed by atoms with Crippen molar-refractivity contribution in [3.8, 4) is 17.6 Å². The smallest absolute Gasteiger partial charge is 0.438 e. The zero-order valence-corrected chi connectivity index (χ0v) is 24.0. The second kappa shape index (κ2) is 11.9. The van der Waals surface area contributed by atoms with Crippen molar-refractivity contribution in [1.82, 2.24) is 0 Å². The predicted molar refractivity (Wildman–Crippen MR) is 143 cm³/mol. The third-order valence-corrected chi connectivity index (χ3v) is 7.66. The average Bonchev–Trinajstić information content (AvgIpc) is 2.88.